The van der Waals surface area contributed by atoms with Gasteiger partial charge in [-0.1, -0.05) is 11.6 Å². The minimum absolute atomic E-state index is 0.264. The van der Waals surface area contributed by atoms with Crippen LogP contribution in [0.15, 0.2) is 6.33 Å². The Bertz CT molecular complexity index is 514. The number of nitrogens with one attached hydrogen (secondary N) is 1. The van der Waals surface area contributed by atoms with Crippen molar-refractivity contribution in [3.63, 3.8) is 0 Å². The topological polar surface area (TPSA) is 72.0 Å². The van der Waals surface area contributed by atoms with Crippen LogP contribution < -0.4 is 5.32 Å². The fourth-order valence-corrected chi connectivity index (χ4v) is 1.50. The van der Waals surface area contributed by atoms with Crippen molar-refractivity contribution in [1.29, 1.82) is 0 Å². The summed E-state index contributed by atoms with van der Waals surface area (Å²) < 4.78 is 22.2. The molecule has 0 saturated heterocycles. The molecule has 96 valence electrons. The van der Waals surface area contributed by atoms with E-state index in [0.29, 0.717) is 16.5 Å². The number of nitrogens with zero attached hydrogens (tertiary/aromatic N) is 2. The summed E-state index contributed by atoms with van der Waals surface area (Å²) in [4.78, 5) is 7.85. The van der Waals surface area contributed by atoms with E-state index in [9.17, 15) is 8.42 Å². The molecule has 0 atom stereocenters. The van der Waals surface area contributed by atoms with Crippen LogP contribution in [0.3, 0.4) is 0 Å². The largest absolute Gasteiger partial charge is 0.368 e. The first kappa shape index (κ1) is 14.2. The quantitative estimate of drug-likeness (QED) is 0.848. The molecule has 1 N–H and O–H groups in total. The molecule has 1 aromatic heterocycles. The zero-order chi connectivity index (χ0) is 13.3. The van der Waals surface area contributed by atoms with E-state index in [1.54, 1.807) is 20.8 Å². The number of sulfone groups is 1. The molecule has 1 heterocycles. The van der Waals surface area contributed by atoms with E-state index < -0.39 is 14.6 Å². The lowest BCUT2D eigenvalue weighted by atomic mass is 10.2. The number of hydrogen-bond acceptors (Lipinski definition) is 5. The van der Waals surface area contributed by atoms with Gasteiger partial charge in [0.25, 0.3) is 0 Å². The molecule has 0 bridgehead atoms. The third-order valence-electron chi connectivity index (χ3n) is 2.71. The second-order valence-corrected chi connectivity index (χ2v) is 7.53. The van der Waals surface area contributed by atoms with Gasteiger partial charge in [0.1, 0.15) is 17.3 Å². The van der Waals surface area contributed by atoms with Crippen molar-refractivity contribution >= 4 is 27.3 Å². The van der Waals surface area contributed by atoms with Gasteiger partial charge in [-0.15, -0.1) is 0 Å². The zero-order valence-corrected chi connectivity index (χ0v) is 11.9. The molecular formula is C10H16ClN3O2S. The molecule has 0 radical (unpaired) electrons. The third kappa shape index (κ3) is 3.29. The molecule has 17 heavy (non-hydrogen) atoms. The van der Waals surface area contributed by atoms with Gasteiger partial charge in [0, 0.05) is 18.4 Å². The predicted octanol–water partition coefficient (Wildman–Crippen LogP) is 1.67. The second-order valence-electron chi connectivity index (χ2n) is 4.52. The van der Waals surface area contributed by atoms with Gasteiger partial charge < -0.3 is 5.32 Å². The van der Waals surface area contributed by atoms with Crippen LogP contribution in [-0.2, 0) is 9.84 Å². The maximum absolute atomic E-state index is 11.5. The van der Waals surface area contributed by atoms with E-state index in [-0.39, 0.29) is 6.54 Å². The Morgan fingerprint density at radius 3 is 2.53 bits per heavy atom. The number of anilines is 1. The van der Waals surface area contributed by atoms with Crippen molar-refractivity contribution in [2.24, 2.45) is 0 Å². The lowest BCUT2D eigenvalue weighted by Gasteiger charge is -2.23. The molecule has 0 amide bonds. The highest BCUT2D eigenvalue weighted by atomic mass is 35.5. The molecule has 0 fully saturated rings. The number of rotatable bonds is 4. The Hall–Kier alpha value is -0.880. The number of aromatic nitrogens is 2. The molecule has 0 aromatic carbocycles. The van der Waals surface area contributed by atoms with E-state index >= 15 is 0 Å². The highest BCUT2D eigenvalue weighted by molar-refractivity contribution is 7.92. The van der Waals surface area contributed by atoms with E-state index in [4.69, 9.17) is 11.6 Å². The molecule has 0 saturated carbocycles. The molecule has 7 heteroatoms. The summed E-state index contributed by atoms with van der Waals surface area (Å²) in [5.74, 6) is 0.557. The van der Waals surface area contributed by atoms with Crippen molar-refractivity contribution in [1.82, 2.24) is 9.97 Å². The highest BCUT2D eigenvalue weighted by Gasteiger charge is 2.30. The summed E-state index contributed by atoms with van der Waals surface area (Å²) in [6, 6.07) is 0. The maximum Gasteiger partial charge on any atom is 0.154 e. The monoisotopic (exact) mass is 277 g/mol. The van der Waals surface area contributed by atoms with Gasteiger partial charge in [0.05, 0.1) is 4.75 Å². The van der Waals surface area contributed by atoms with Crippen LogP contribution in [0.1, 0.15) is 19.4 Å². The van der Waals surface area contributed by atoms with Crippen LogP contribution in [0, 0.1) is 6.92 Å². The molecule has 0 spiro atoms. The summed E-state index contributed by atoms with van der Waals surface area (Å²) in [6.45, 7) is 5.36. The predicted molar refractivity (Wildman–Crippen MR) is 69.2 cm³/mol. The third-order valence-corrected chi connectivity index (χ3v) is 5.24. The van der Waals surface area contributed by atoms with Crippen molar-refractivity contribution in [2.45, 2.75) is 25.5 Å². The zero-order valence-electron chi connectivity index (χ0n) is 10.3. The Kier molecular flexibility index (Phi) is 3.99. The minimum Gasteiger partial charge on any atom is -0.368 e. The first-order valence-corrected chi connectivity index (χ1v) is 7.32. The van der Waals surface area contributed by atoms with Crippen LogP contribution >= 0.6 is 11.6 Å². The van der Waals surface area contributed by atoms with E-state index in [1.165, 1.54) is 12.6 Å². The van der Waals surface area contributed by atoms with Gasteiger partial charge in [0.2, 0.25) is 0 Å². The Morgan fingerprint density at radius 1 is 1.41 bits per heavy atom. The standard InChI is InChI=1S/C10H16ClN3O2S/c1-7-8(11)13-6-14-9(7)12-5-10(2,3)17(4,15)16/h6H,5H2,1-4H3,(H,12,13,14). The number of halogens is 1. The van der Waals surface area contributed by atoms with E-state index in [2.05, 4.69) is 15.3 Å². The van der Waals surface area contributed by atoms with Gasteiger partial charge in [-0.05, 0) is 20.8 Å². The van der Waals surface area contributed by atoms with Crippen LogP contribution in [0.2, 0.25) is 5.15 Å². The van der Waals surface area contributed by atoms with Crippen molar-refractivity contribution in [3.8, 4) is 0 Å². The fraction of sp³-hybridized carbons (Fsp3) is 0.600. The Balaban J connectivity index is 2.85. The summed E-state index contributed by atoms with van der Waals surface area (Å²) in [7, 11) is -3.13. The number of hydrogen-bond donors (Lipinski definition) is 1. The smallest absolute Gasteiger partial charge is 0.154 e. The SMILES string of the molecule is Cc1c(Cl)ncnc1NCC(C)(C)S(C)(=O)=O. The minimum atomic E-state index is -3.13. The van der Waals surface area contributed by atoms with Crippen molar-refractivity contribution in [2.75, 3.05) is 18.1 Å². The molecule has 0 unspecified atom stereocenters. The summed E-state index contributed by atoms with van der Waals surface area (Å²) in [5, 5.41) is 3.35. The summed E-state index contributed by atoms with van der Waals surface area (Å²) in [5.41, 5.74) is 0.707. The fourth-order valence-electron chi connectivity index (χ4n) is 1.03. The molecule has 0 aliphatic rings. The van der Waals surface area contributed by atoms with Gasteiger partial charge in [-0.2, -0.15) is 0 Å². The summed E-state index contributed by atoms with van der Waals surface area (Å²) >= 11 is 5.84. The van der Waals surface area contributed by atoms with Crippen LogP contribution in [0.5, 0.6) is 0 Å². The molecule has 1 aromatic rings. The second kappa shape index (κ2) is 4.78. The van der Waals surface area contributed by atoms with Crippen molar-refractivity contribution < 1.29 is 8.42 Å². The van der Waals surface area contributed by atoms with Crippen LogP contribution in [-0.4, -0.2) is 35.9 Å². The Morgan fingerprint density at radius 2 is 2.00 bits per heavy atom. The van der Waals surface area contributed by atoms with Gasteiger partial charge in [-0.25, -0.2) is 18.4 Å². The van der Waals surface area contributed by atoms with Gasteiger partial charge >= 0.3 is 0 Å². The normalized spacial score (nSPS) is 12.5. The molecule has 5 nitrogen and oxygen atoms in total. The lowest BCUT2D eigenvalue weighted by Crippen LogP contribution is -2.38. The van der Waals surface area contributed by atoms with E-state index in [1.807, 2.05) is 0 Å². The van der Waals surface area contributed by atoms with Crippen LogP contribution in [0.25, 0.3) is 0 Å². The van der Waals surface area contributed by atoms with Crippen molar-refractivity contribution in [3.05, 3.63) is 17.0 Å². The first-order valence-electron chi connectivity index (χ1n) is 5.06. The van der Waals surface area contributed by atoms with E-state index in [0.717, 1.165) is 0 Å². The molecule has 0 aliphatic carbocycles. The van der Waals surface area contributed by atoms with Gasteiger partial charge in [0.15, 0.2) is 9.84 Å². The first-order chi connectivity index (χ1) is 7.65. The maximum atomic E-state index is 11.5. The highest BCUT2D eigenvalue weighted by Crippen LogP contribution is 2.20. The lowest BCUT2D eigenvalue weighted by molar-refractivity contribution is 0.559. The molecule has 0 aliphatic heterocycles. The summed E-state index contributed by atoms with van der Waals surface area (Å²) in [6.07, 6.45) is 2.56. The van der Waals surface area contributed by atoms with Gasteiger partial charge in [-0.3, -0.25) is 0 Å². The average Bonchev–Trinajstić information content (AvgIpc) is 2.18. The Labute approximate surface area is 107 Å². The van der Waals surface area contributed by atoms with Crippen LogP contribution in [0.4, 0.5) is 5.82 Å². The molecule has 1 rings (SSSR count). The molecular weight excluding hydrogens is 262 g/mol. The average molecular weight is 278 g/mol.